The molecule has 0 radical (unpaired) electrons. The first-order valence-electron chi connectivity index (χ1n) is 12.2. The molecule has 2 heterocycles. The van der Waals surface area contributed by atoms with Crippen LogP contribution in [-0.4, -0.2) is 16.2 Å². The summed E-state index contributed by atoms with van der Waals surface area (Å²) in [6.07, 6.45) is 0.968. The molecule has 0 saturated heterocycles. The number of allylic oxidation sites excluding steroid dienone is 1. The van der Waals surface area contributed by atoms with Gasteiger partial charge in [0, 0.05) is 11.3 Å². The Labute approximate surface area is 211 Å². The average molecular weight is 479 g/mol. The number of hydrogen-bond donors (Lipinski definition) is 1. The lowest BCUT2D eigenvalue weighted by Crippen LogP contribution is -2.46. The first-order valence-corrected chi connectivity index (χ1v) is 12.2. The van der Waals surface area contributed by atoms with E-state index in [9.17, 15) is 4.79 Å². The minimum Gasteiger partial charge on any atom is -0.334 e. The van der Waals surface area contributed by atoms with E-state index in [0.29, 0.717) is 11.7 Å². The van der Waals surface area contributed by atoms with Gasteiger partial charge in [-0.15, -0.1) is 0 Å². The predicted octanol–water partition coefficient (Wildman–Crippen LogP) is 6.93. The molecule has 0 aliphatic carbocycles. The second kappa shape index (κ2) is 9.46. The Kier molecular flexibility index (Phi) is 6.18. The van der Waals surface area contributed by atoms with Gasteiger partial charge < -0.3 is 9.84 Å². The van der Waals surface area contributed by atoms with Crippen molar-refractivity contribution in [3.05, 3.63) is 106 Å². The van der Waals surface area contributed by atoms with Crippen molar-refractivity contribution in [2.24, 2.45) is 0 Å². The molecule has 0 bridgehead atoms. The number of carbonyl (C=O) groups excluding carboxylic acids is 1. The van der Waals surface area contributed by atoms with Crippen molar-refractivity contribution in [3.63, 3.8) is 0 Å². The number of nitrogens with one attached hydrogen (secondary N) is 1. The van der Waals surface area contributed by atoms with E-state index in [0.717, 1.165) is 45.6 Å². The number of nitrogens with zero attached hydrogens (tertiary/aromatic N) is 3. The highest BCUT2D eigenvalue weighted by atomic mass is 16.5. The first-order chi connectivity index (χ1) is 17.4. The molecule has 1 N–H and O–H groups in total. The van der Waals surface area contributed by atoms with Crippen LogP contribution in [0, 0.1) is 20.8 Å². The molecule has 1 atom stereocenters. The summed E-state index contributed by atoms with van der Waals surface area (Å²) in [4.78, 5) is 19.9. The van der Waals surface area contributed by atoms with E-state index in [1.54, 1.807) is 4.90 Å². The average Bonchev–Trinajstić information content (AvgIpc) is 3.35. The van der Waals surface area contributed by atoms with Gasteiger partial charge in [-0.25, -0.2) is 4.79 Å². The largest absolute Gasteiger partial charge is 0.334 e. The summed E-state index contributed by atoms with van der Waals surface area (Å²) in [6.45, 7) is 10.2. The van der Waals surface area contributed by atoms with Crippen LogP contribution < -0.4 is 10.2 Å². The Bertz CT molecular complexity index is 1470. The zero-order valence-electron chi connectivity index (χ0n) is 21.3. The third-order valence-corrected chi connectivity index (χ3v) is 6.89. The molecule has 3 aromatic carbocycles. The molecule has 1 aliphatic heterocycles. The van der Waals surface area contributed by atoms with E-state index in [1.165, 1.54) is 11.1 Å². The summed E-state index contributed by atoms with van der Waals surface area (Å²) in [6, 6.07) is 21.7. The van der Waals surface area contributed by atoms with Crippen LogP contribution in [0.4, 0.5) is 10.5 Å². The maximum Gasteiger partial charge on any atom is 0.326 e. The molecule has 5 rings (SSSR count). The second-order valence-corrected chi connectivity index (χ2v) is 9.37. The summed E-state index contributed by atoms with van der Waals surface area (Å²) < 4.78 is 5.84. The van der Waals surface area contributed by atoms with Crippen molar-refractivity contribution in [3.8, 4) is 11.4 Å². The van der Waals surface area contributed by atoms with Crippen molar-refractivity contribution in [1.29, 1.82) is 0 Å². The van der Waals surface area contributed by atoms with Gasteiger partial charge in [0.05, 0.1) is 17.3 Å². The van der Waals surface area contributed by atoms with Crippen LogP contribution in [0.1, 0.15) is 53.6 Å². The molecule has 0 fully saturated rings. The molecule has 4 aromatic rings. The maximum absolute atomic E-state index is 13.4. The summed E-state index contributed by atoms with van der Waals surface area (Å²) >= 11 is 0. The molecule has 182 valence electrons. The van der Waals surface area contributed by atoms with E-state index in [-0.39, 0.29) is 6.03 Å². The zero-order chi connectivity index (χ0) is 25.4. The van der Waals surface area contributed by atoms with Gasteiger partial charge in [0.2, 0.25) is 5.82 Å². The Morgan fingerprint density at radius 2 is 1.72 bits per heavy atom. The fourth-order valence-electron chi connectivity index (χ4n) is 4.63. The lowest BCUT2D eigenvalue weighted by atomic mass is 9.92. The molecule has 1 unspecified atom stereocenters. The van der Waals surface area contributed by atoms with Gasteiger partial charge in [0.25, 0.3) is 5.89 Å². The Morgan fingerprint density at radius 3 is 2.42 bits per heavy atom. The molecule has 6 nitrogen and oxygen atoms in total. The van der Waals surface area contributed by atoms with Gasteiger partial charge >= 0.3 is 6.03 Å². The highest BCUT2D eigenvalue weighted by Gasteiger charge is 2.36. The molecular weight excluding hydrogens is 448 g/mol. The predicted molar refractivity (Wildman–Crippen MR) is 143 cm³/mol. The van der Waals surface area contributed by atoms with Gasteiger partial charge in [-0.1, -0.05) is 66.7 Å². The molecular formula is C30H30N4O2. The normalized spacial score (nSPS) is 15.9. The number of aromatic nitrogens is 2. The van der Waals surface area contributed by atoms with Crippen molar-refractivity contribution in [1.82, 2.24) is 15.5 Å². The quantitative estimate of drug-likeness (QED) is 0.338. The van der Waals surface area contributed by atoms with E-state index < -0.39 is 6.04 Å². The van der Waals surface area contributed by atoms with Gasteiger partial charge in [-0.2, -0.15) is 4.98 Å². The number of benzene rings is 3. The minimum atomic E-state index is -0.423. The van der Waals surface area contributed by atoms with Crippen LogP contribution in [0.2, 0.25) is 0 Å². The van der Waals surface area contributed by atoms with Gasteiger partial charge in [0.1, 0.15) is 0 Å². The van der Waals surface area contributed by atoms with Crippen LogP contribution in [0.5, 0.6) is 0 Å². The van der Waals surface area contributed by atoms with Crippen LogP contribution in [-0.2, 0) is 6.42 Å². The van der Waals surface area contributed by atoms with E-state index >= 15 is 0 Å². The SMILES string of the molecule is CCc1ccc(-c2noc(C3=C(C)N(c4cccc(C)c4)C(=O)NC3c3ccc(C)c(C)c3)n2)cc1. The van der Waals surface area contributed by atoms with E-state index in [1.807, 2.05) is 56.3 Å². The molecule has 1 aliphatic rings. The number of urea groups is 1. The molecule has 6 heteroatoms. The smallest absolute Gasteiger partial charge is 0.326 e. The number of anilines is 1. The number of carbonyl (C=O) groups is 1. The summed E-state index contributed by atoms with van der Waals surface area (Å²) in [5.41, 5.74) is 8.85. The van der Waals surface area contributed by atoms with Crippen molar-refractivity contribution < 1.29 is 9.32 Å². The monoisotopic (exact) mass is 478 g/mol. The molecule has 36 heavy (non-hydrogen) atoms. The Morgan fingerprint density at radius 1 is 0.944 bits per heavy atom. The van der Waals surface area contributed by atoms with Gasteiger partial charge in [-0.05, 0) is 74.1 Å². The summed E-state index contributed by atoms with van der Waals surface area (Å²) in [5.74, 6) is 0.911. The van der Waals surface area contributed by atoms with Crippen LogP contribution >= 0.6 is 0 Å². The number of rotatable bonds is 5. The lowest BCUT2D eigenvalue weighted by Gasteiger charge is -2.35. The topological polar surface area (TPSA) is 71.3 Å². The molecule has 0 saturated carbocycles. The number of aryl methyl sites for hydroxylation is 4. The van der Waals surface area contributed by atoms with Crippen molar-refractivity contribution >= 4 is 17.3 Å². The van der Waals surface area contributed by atoms with Crippen molar-refractivity contribution in [2.45, 2.75) is 47.1 Å². The second-order valence-electron chi connectivity index (χ2n) is 9.37. The summed E-state index contributed by atoms with van der Waals surface area (Å²) in [5, 5.41) is 7.48. The third-order valence-electron chi connectivity index (χ3n) is 6.89. The minimum absolute atomic E-state index is 0.194. The standard InChI is InChI=1S/C30H30N4O2/c1-6-22-11-14-23(15-12-22)28-32-29(36-33-28)26-21(5)34(25-9-7-8-18(2)16-25)30(35)31-27(26)24-13-10-19(3)20(4)17-24/h7-17,27H,6H2,1-5H3,(H,31,35). The zero-order valence-corrected chi connectivity index (χ0v) is 21.3. The van der Waals surface area contributed by atoms with Gasteiger partial charge in [-0.3, -0.25) is 4.90 Å². The molecule has 0 spiro atoms. The lowest BCUT2D eigenvalue weighted by molar-refractivity contribution is 0.244. The summed E-state index contributed by atoms with van der Waals surface area (Å²) in [7, 11) is 0. The number of amides is 2. The Hall–Kier alpha value is -4.19. The maximum atomic E-state index is 13.4. The fraction of sp³-hybridized carbons (Fsp3) is 0.233. The Balaban J connectivity index is 1.65. The van der Waals surface area contributed by atoms with E-state index in [2.05, 4.69) is 55.5 Å². The van der Waals surface area contributed by atoms with Crippen molar-refractivity contribution in [2.75, 3.05) is 4.90 Å². The first kappa shape index (κ1) is 23.5. The van der Waals surface area contributed by atoms with Gasteiger partial charge in [0.15, 0.2) is 0 Å². The van der Waals surface area contributed by atoms with Crippen LogP contribution in [0.3, 0.4) is 0 Å². The van der Waals surface area contributed by atoms with Crippen LogP contribution in [0.25, 0.3) is 17.0 Å². The molecule has 1 aromatic heterocycles. The third kappa shape index (κ3) is 4.31. The highest BCUT2D eigenvalue weighted by molar-refractivity contribution is 6.01. The van der Waals surface area contributed by atoms with E-state index in [4.69, 9.17) is 9.51 Å². The number of hydrogen-bond acceptors (Lipinski definition) is 4. The fourth-order valence-corrected chi connectivity index (χ4v) is 4.63. The highest BCUT2D eigenvalue weighted by Crippen LogP contribution is 2.39. The van der Waals surface area contributed by atoms with Crippen LogP contribution in [0.15, 0.2) is 77.0 Å². The molecule has 2 amide bonds.